The number of carbonyl (C=O) groups is 1. The van der Waals surface area contributed by atoms with Crippen LogP contribution in [0.5, 0.6) is 5.75 Å². The van der Waals surface area contributed by atoms with Gasteiger partial charge in [0.2, 0.25) is 0 Å². The molecule has 6 nitrogen and oxygen atoms in total. The van der Waals surface area contributed by atoms with Crippen LogP contribution in [0, 0.1) is 0 Å². The molecule has 0 aliphatic heterocycles. The maximum Gasteiger partial charge on any atom is 0.337 e. The van der Waals surface area contributed by atoms with Crippen molar-refractivity contribution in [1.82, 2.24) is 0 Å². The Morgan fingerprint density at radius 3 is 1.88 bits per heavy atom. The molecule has 0 aliphatic rings. The van der Waals surface area contributed by atoms with E-state index in [1.807, 2.05) is 0 Å². The van der Waals surface area contributed by atoms with Gasteiger partial charge in [-0.05, 0) is 12.1 Å². The van der Waals surface area contributed by atoms with Crippen molar-refractivity contribution in [3.05, 3.63) is 23.8 Å². The molecule has 0 aromatic heterocycles. The Hall–Kier alpha value is 1.40. The first-order valence-corrected chi connectivity index (χ1v) is 4.81. The molecule has 0 saturated heterocycles. The van der Waals surface area contributed by atoms with Gasteiger partial charge in [-0.1, -0.05) is 6.07 Å². The van der Waals surface area contributed by atoms with Crippen LogP contribution < -0.4 is 0 Å². The molecule has 1 aromatic carbocycles. The van der Waals surface area contributed by atoms with Crippen molar-refractivity contribution in [2.75, 3.05) is 0 Å². The molecule has 17 heavy (non-hydrogen) atoms. The molecular formula is C7H6Na3O6S. The molecule has 0 heterocycles. The topological polar surface area (TPSA) is 112 Å². The average Bonchev–Trinajstić information content (AvgIpc) is 2.01. The van der Waals surface area contributed by atoms with Crippen molar-refractivity contribution in [2.45, 2.75) is 4.90 Å². The van der Waals surface area contributed by atoms with Crippen molar-refractivity contribution in [2.24, 2.45) is 0 Å². The third-order valence-electron chi connectivity index (χ3n) is 1.48. The largest absolute Gasteiger partial charge is 0.506 e. The van der Waals surface area contributed by atoms with Crippen molar-refractivity contribution in [1.29, 1.82) is 0 Å². The van der Waals surface area contributed by atoms with Gasteiger partial charge in [0.25, 0.3) is 10.1 Å². The van der Waals surface area contributed by atoms with E-state index in [1.165, 1.54) is 0 Å². The maximum absolute atomic E-state index is 10.7. The molecule has 0 atom stereocenters. The van der Waals surface area contributed by atoms with Crippen LogP contribution in [-0.4, -0.2) is 118 Å². The van der Waals surface area contributed by atoms with Crippen LogP contribution in [0.25, 0.3) is 0 Å². The van der Waals surface area contributed by atoms with Crippen molar-refractivity contribution < 1.29 is 28.0 Å². The normalized spacial score (nSPS) is 9.24. The molecule has 1 aromatic rings. The first-order valence-electron chi connectivity index (χ1n) is 3.37. The van der Waals surface area contributed by atoms with Crippen LogP contribution in [0.1, 0.15) is 10.4 Å². The standard InChI is InChI=1S/C7H6O6S.3Na/c8-5-3-1-2-4(7(9)10)6(5)14(11,12)13;;;/h1-3,8H,(H,9,10)(H,11,12,13);;;. The third kappa shape index (κ3) is 6.40. The molecule has 0 amide bonds. The number of hydrogen-bond donors (Lipinski definition) is 3. The minimum absolute atomic E-state index is 0. The Balaban J connectivity index is -0.000000653. The van der Waals surface area contributed by atoms with Crippen molar-refractivity contribution in [3.63, 3.8) is 0 Å². The van der Waals surface area contributed by atoms with E-state index >= 15 is 0 Å². The molecule has 10 heteroatoms. The number of phenols is 1. The van der Waals surface area contributed by atoms with Crippen LogP contribution >= 0.6 is 0 Å². The van der Waals surface area contributed by atoms with Gasteiger partial charge in [-0.2, -0.15) is 8.42 Å². The van der Waals surface area contributed by atoms with Gasteiger partial charge in [-0.3, -0.25) is 4.55 Å². The fraction of sp³-hybridized carbons (Fsp3) is 0. The summed E-state index contributed by atoms with van der Waals surface area (Å²) >= 11 is 0. The number of rotatable bonds is 2. The molecule has 0 fully saturated rings. The minimum Gasteiger partial charge on any atom is -0.506 e. The molecule has 3 radical (unpaired) electrons. The van der Waals surface area contributed by atoms with Crippen LogP contribution in [-0.2, 0) is 10.1 Å². The SMILES string of the molecule is O=C(O)c1cccc(O)c1S(=O)(=O)O.[Na].[Na].[Na]. The monoisotopic (exact) mass is 287 g/mol. The van der Waals surface area contributed by atoms with Crippen LogP contribution in [0.15, 0.2) is 23.1 Å². The second-order valence-corrected chi connectivity index (χ2v) is 3.79. The molecular weight excluding hydrogens is 281 g/mol. The number of aromatic carboxylic acids is 1. The molecule has 0 aliphatic carbocycles. The Bertz CT molecular complexity index is 486. The third-order valence-corrected chi connectivity index (χ3v) is 2.43. The molecule has 79 valence electrons. The van der Waals surface area contributed by atoms with Gasteiger partial charge in [-0.25, -0.2) is 4.79 Å². The van der Waals surface area contributed by atoms with E-state index in [0.717, 1.165) is 18.2 Å². The summed E-state index contributed by atoms with van der Waals surface area (Å²) in [4.78, 5) is 9.54. The summed E-state index contributed by atoms with van der Waals surface area (Å²) in [6.07, 6.45) is 0. The number of carboxylic acids is 1. The Kier molecular flexibility index (Phi) is 12.9. The van der Waals surface area contributed by atoms with Gasteiger partial charge in [0.15, 0.2) is 0 Å². The van der Waals surface area contributed by atoms with Crippen molar-refractivity contribution >= 4 is 105 Å². The second-order valence-electron chi connectivity index (χ2n) is 2.43. The fourth-order valence-corrected chi connectivity index (χ4v) is 1.73. The maximum atomic E-state index is 10.7. The number of carboxylic acid groups (broad SMARTS) is 1. The summed E-state index contributed by atoms with van der Waals surface area (Å²) in [5.74, 6) is -2.35. The summed E-state index contributed by atoms with van der Waals surface area (Å²) in [7, 11) is -4.74. The summed E-state index contributed by atoms with van der Waals surface area (Å²) in [6, 6.07) is 3.09. The van der Waals surface area contributed by atoms with E-state index in [0.29, 0.717) is 0 Å². The molecule has 0 bridgehead atoms. The molecule has 1 rings (SSSR count). The van der Waals surface area contributed by atoms with Crippen molar-refractivity contribution in [3.8, 4) is 5.75 Å². The summed E-state index contributed by atoms with van der Waals surface area (Å²) < 4.78 is 30.1. The van der Waals surface area contributed by atoms with Gasteiger partial charge in [-0.15, -0.1) is 0 Å². The number of benzene rings is 1. The molecule has 3 N–H and O–H groups in total. The first-order chi connectivity index (χ1) is 6.34. The summed E-state index contributed by atoms with van der Waals surface area (Å²) in [5.41, 5.74) is -0.674. The quantitative estimate of drug-likeness (QED) is 0.485. The van der Waals surface area contributed by atoms with Gasteiger partial charge in [0, 0.05) is 88.7 Å². The van der Waals surface area contributed by atoms with Crippen LogP contribution in [0.2, 0.25) is 0 Å². The van der Waals surface area contributed by atoms with Crippen LogP contribution in [0.4, 0.5) is 0 Å². The smallest absolute Gasteiger partial charge is 0.337 e. The van der Waals surface area contributed by atoms with E-state index in [9.17, 15) is 13.2 Å². The molecule has 0 unspecified atom stereocenters. The minimum atomic E-state index is -4.74. The van der Waals surface area contributed by atoms with E-state index in [2.05, 4.69) is 0 Å². The molecule has 0 spiro atoms. The van der Waals surface area contributed by atoms with E-state index in [1.54, 1.807) is 0 Å². The zero-order valence-corrected chi connectivity index (χ0v) is 16.5. The predicted molar refractivity (Wildman–Crippen MR) is 62.1 cm³/mol. The molecule has 0 saturated carbocycles. The van der Waals surface area contributed by atoms with Crippen LogP contribution in [0.3, 0.4) is 0 Å². The Labute approximate surface area is 164 Å². The zero-order valence-electron chi connectivity index (χ0n) is 9.71. The van der Waals surface area contributed by atoms with Gasteiger partial charge in [0.1, 0.15) is 10.6 Å². The average molecular weight is 287 g/mol. The Morgan fingerprint density at radius 2 is 1.59 bits per heavy atom. The number of phenolic OH excluding ortho intramolecular Hbond substituents is 1. The van der Waals surface area contributed by atoms with E-state index in [-0.39, 0.29) is 88.7 Å². The zero-order chi connectivity index (χ0) is 10.9. The first kappa shape index (κ1) is 23.5. The Morgan fingerprint density at radius 1 is 1.12 bits per heavy atom. The number of hydrogen-bond acceptors (Lipinski definition) is 4. The predicted octanol–water partition coefficient (Wildman–Crippen LogP) is -0.805. The van der Waals surface area contributed by atoms with Gasteiger partial charge >= 0.3 is 5.97 Å². The van der Waals surface area contributed by atoms with Gasteiger partial charge < -0.3 is 10.2 Å². The number of aromatic hydroxyl groups is 1. The second kappa shape index (κ2) is 9.33. The van der Waals surface area contributed by atoms with Gasteiger partial charge in [0.05, 0.1) is 5.56 Å². The fourth-order valence-electron chi connectivity index (χ4n) is 0.964. The summed E-state index contributed by atoms with van der Waals surface area (Å²) in [6.45, 7) is 0. The summed E-state index contributed by atoms with van der Waals surface area (Å²) in [5, 5.41) is 17.6. The van der Waals surface area contributed by atoms with E-state index in [4.69, 9.17) is 14.8 Å². The van der Waals surface area contributed by atoms with E-state index < -0.39 is 32.3 Å².